The van der Waals surface area contributed by atoms with E-state index in [9.17, 15) is 29.0 Å². The Labute approximate surface area is 225 Å². The van der Waals surface area contributed by atoms with Crippen LogP contribution in [0.1, 0.15) is 60.3 Å². The molecule has 2 unspecified atom stereocenters. The maximum atomic E-state index is 14.3. The molecule has 4 rings (SSSR count). The third-order valence-corrected chi connectivity index (χ3v) is 6.31. The summed E-state index contributed by atoms with van der Waals surface area (Å²) in [5.74, 6) is -1.39. The number of aromatic nitrogens is 2. The number of fused-ring (bicyclic) bond motifs is 2. The van der Waals surface area contributed by atoms with Crippen LogP contribution in [0.25, 0.3) is 21.8 Å². The fraction of sp³-hybridized carbons (Fsp3) is 0.345. The average Bonchev–Trinajstić information content (AvgIpc) is 3.29. The van der Waals surface area contributed by atoms with Gasteiger partial charge in [-0.15, -0.1) is 0 Å². The Bertz CT molecular complexity index is 1530. The summed E-state index contributed by atoms with van der Waals surface area (Å²) in [5, 5.41) is 23.6. The fourth-order valence-electron chi connectivity index (χ4n) is 4.41. The van der Waals surface area contributed by atoms with Crippen molar-refractivity contribution >= 4 is 33.6 Å². The van der Waals surface area contributed by atoms with Crippen LogP contribution < -0.4 is 16.6 Å². The molecule has 9 nitrogen and oxygen atoms in total. The predicted molar refractivity (Wildman–Crippen MR) is 149 cm³/mol. The normalized spacial score (nSPS) is 12.6. The number of aliphatic hydroxyl groups excluding tert-OH is 2. The van der Waals surface area contributed by atoms with E-state index in [1.165, 1.54) is 6.07 Å². The van der Waals surface area contributed by atoms with Gasteiger partial charge in [0.2, 0.25) is 5.91 Å². The molecule has 0 aliphatic heterocycles. The van der Waals surface area contributed by atoms with Crippen molar-refractivity contribution in [2.45, 2.75) is 58.7 Å². The Morgan fingerprint density at radius 3 is 2.51 bits per heavy atom. The zero-order chi connectivity index (χ0) is 28.7. The predicted octanol–water partition coefficient (Wildman–Crippen LogP) is 3.18. The number of carbonyl (C=O) groups is 2. The Morgan fingerprint density at radius 2 is 1.79 bits per heavy atom. The topological polar surface area (TPSA) is 161 Å². The van der Waals surface area contributed by atoms with E-state index in [1.54, 1.807) is 30.3 Å². The highest BCUT2D eigenvalue weighted by molar-refractivity contribution is 5.98. The van der Waals surface area contributed by atoms with Gasteiger partial charge in [-0.2, -0.15) is 0 Å². The van der Waals surface area contributed by atoms with Gasteiger partial charge in [0.15, 0.2) is 0 Å². The third kappa shape index (κ3) is 7.52. The molecule has 208 valence electrons. The lowest BCUT2D eigenvalue weighted by Crippen LogP contribution is -2.29. The Balaban J connectivity index is 0.00000205. The van der Waals surface area contributed by atoms with E-state index >= 15 is 0 Å². The van der Waals surface area contributed by atoms with Gasteiger partial charge in [0.05, 0.1) is 24.1 Å². The number of aromatic amines is 2. The number of hydrogen-bond acceptors (Lipinski definition) is 5. The summed E-state index contributed by atoms with van der Waals surface area (Å²) in [5.41, 5.74) is 8.27. The summed E-state index contributed by atoms with van der Waals surface area (Å²) >= 11 is 0. The van der Waals surface area contributed by atoms with Crippen molar-refractivity contribution < 1.29 is 24.2 Å². The van der Waals surface area contributed by atoms with Crippen LogP contribution in [0.15, 0.2) is 47.3 Å². The van der Waals surface area contributed by atoms with Gasteiger partial charge in [0.1, 0.15) is 5.82 Å². The van der Waals surface area contributed by atoms with Gasteiger partial charge in [-0.1, -0.05) is 26.0 Å². The molecule has 0 fully saturated rings. The molecule has 0 saturated carbocycles. The fourth-order valence-corrected chi connectivity index (χ4v) is 4.41. The molecule has 2 heterocycles. The van der Waals surface area contributed by atoms with Gasteiger partial charge in [0, 0.05) is 40.7 Å². The molecular formula is C29H35FN4O5. The van der Waals surface area contributed by atoms with Crippen molar-refractivity contribution in [1.29, 1.82) is 0 Å². The van der Waals surface area contributed by atoms with Gasteiger partial charge in [-0.25, -0.2) is 4.39 Å². The maximum Gasteiger partial charge on any atom is 0.252 e. The van der Waals surface area contributed by atoms with E-state index in [0.29, 0.717) is 27.5 Å². The molecule has 0 saturated heterocycles. The quantitative estimate of drug-likeness (QED) is 0.183. The minimum Gasteiger partial charge on any atom is -0.393 e. The first-order valence-corrected chi connectivity index (χ1v) is 13.0. The molecule has 2 aromatic heterocycles. The highest BCUT2D eigenvalue weighted by Crippen LogP contribution is 2.22. The molecule has 10 heteroatoms. The second-order valence-corrected chi connectivity index (χ2v) is 9.31. The number of aliphatic hydroxyl groups is 2. The largest absolute Gasteiger partial charge is 0.393 e. The molecular weight excluding hydrogens is 503 g/mol. The molecule has 0 aliphatic carbocycles. The number of hydrogen-bond donors (Lipinski definition) is 6. The van der Waals surface area contributed by atoms with Crippen molar-refractivity contribution in [3.05, 3.63) is 81.0 Å². The first-order valence-electron chi connectivity index (χ1n) is 13.0. The molecule has 7 N–H and O–H groups in total. The molecule has 0 bridgehead atoms. The second-order valence-electron chi connectivity index (χ2n) is 9.31. The van der Waals surface area contributed by atoms with E-state index in [4.69, 9.17) is 5.73 Å². The number of benzene rings is 2. The Morgan fingerprint density at radius 1 is 1.05 bits per heavy atom. The number of H-pyrrole nitrogens is 2. The zero-order valence-electron chi connectivity index (χ0n) is 22.3. The Hall–Kier alpha value is -4.02. The van der Waals surface area contributed by atoms with Crippen molar-refractivity contribution in [3.8, 4) is 0 Å². The number of halogens is 1. The van der Waals surface area contributed by atoms with Crippen LogP contribution in [0.5, 0.6) is 0 Å². The molecule has 2 amide bonds. The lowest BCUT2D eigenvalue weighted by molar-refractivity contribution is -0.120. The highest BCUT2D eigenvalue weighted by atomic mass is 19.1. The van der Waals surface area contributed by atoms with Crippen molar-refractivity contribution in [2.75, 3.05) is 6.54 Å². The SMILES string of the molecule is CC.Cc1ccc(F)c2cc(Cc3cc4ccc(C(=O)NCCC(O)CC(O)CC(N)=O)cc4[nH]3)c(=O)[nH]c12. The van der Waals surface area contributed by atoms with Crippen LogP contribution in [0.4, 0.5) is 4.39 Å². The van der Waals surface area contributed by atoms with E-state index < -0.39 is 23.9 Å². The summed E-state index contributed by atoms with van der Waals surface area (Å²) in [4.78, 5) is 42.0. The van der Waals surface area contributed by atoms with Gasteiger partial charge in [-0.3, -0.25) is 14.4 Å². The third-order valence-electron chi connectivity index (χ3n) is 6.31. The number of primary amides is 1. The number of carbonyl (C=O) groups excluding carboxylic acids is 2. The van der Waals surface area contributed by atoms with Gasteiger partial charge in [0.25, 0.3) is 11.5 Å². The molecule has 2 atom stereocenters. The van der Waals surface area contributed by atoms with E-state index in [0.717, 1.165) is 16.6 Å². The van der Waals surface area contributed by atoms with Gasteiger partial charge in [-0.05, 0) is 61.0 Å². The minimum atomic E-state index is -1.03. The van der Waals surface area contributed by atoms with Crippen molar-refractivity contribution in [3.63, 3.8) is 0 Å². The minimum absolute atomic E-state index is 0.0116. The molecule has 0 radical (unpaired) electrons. The molecule has 0 spiro atoms. The van der Waals surface area contributed by atoms with Crippen molar-refractivity contribution in [1.82, 2.24) is 15.3 Å². The summed E-state index contributed by atoms with van der Waals surface area (Å²) in [7, 11) is 0. The molecule has 2 aromatic carbocycles. The number of nitrogens with two attached hydrogens (primary N) is 1. The maximum absolute atomic E-state index is 14.3. The van der Waals surface area contributed by atoms with Crippen LogP contribution in [0, 0.1) is 12.7 Å². The standard InChI is InChI=1S/C27H29FN4O5.C2H6/c1-14-2-5-22(28)21-10-17(27(37)32-25(14)21)9-18-8-15-3-4-16(11-23(15)31-18)26(36)30-7-6-19(33)12-20(34)13-24(29)35;1-2/h2-5,8,10-11,19-20,31,33-34H,6-7,9,12-13H2,1H3,(H2,29,35)(H,30,36)(H,32,37);1-2H3. The van der Waals surface area contributed by atoms with Gasteiger partial charge < -0.3 is 31.2 Å². The van der Waals surface area contributed by atoms with Crippen LogP contribution in [0.2, 0.25) is 0 Å². The number of nitrogens with one attached hydrogen (secondary N) is 3. The summed E-state index contributed by atoms with van der Waals surface area (Å²) in [6.45, 7) is 5.99. The number of aryl methyl sites for hydroxylation is 1. The molecule has 39 heavy (non-hydrogen) atoms. The van der Waals surface area contributed by atoms with Crippen LogP contribution >= 0.6 is 0 Å². The smallest absolute Gasteiger partial charge is 0.252 e. The first-order chi connectivity index (χ1) is 18.6. The summed E-state index contributed by atoms with van der Waals surface area (Å²) < 4.78 is 14.3. The van der Waals surface area contributed by atoms with E-state index in [2.05, 4.69) is 15.3 Å². The van der Waals surface area contributed by atoms with Crippen LogP contribution in [0.3, 0.4) is 0 Å². The lowest BCUT2D eigenvalue weighted by Gasteiger charge is -2.14. The summed E-state index contributed by atoms with van der Waals surface area (Å²) in [6.07, 6.45) is -1.69. The number of pyridine rings is 1. The summed E-state index contributed by atoms with van der Waals surface area (Å²) in [6, 6.07) is 11.6. The molecule has 4 aromatic rings. The van der Waals surface area contributed by atoms with Gasteiger partial charge >= 0.3 is 0 Å². The molecule has 0 aliphatic rings. The van der Waals surface area contributed by atoms with Crippen LogP contribution in [-0.2, 0) is 11.2 Å². The number of rotatable bonds is 10. The van der Waals surface area contributed by atoms with E-state index in [1.807, 2.05) is 26.8 Å². The lowest BCUT2D eigenvalue weighted by atomic mass is 10.1. The first kappa shape index (κ1) is 29.5. The average molecular weight is 539 g/mol. The van der Waals surface area contributed by atoms with Crippen LogP contribution in [-0.4, -0.2) is 50.7 Å². The number of amides is 2. The van der Waals surface area contributed by atoms with E-state index in [-0.39, 0.29) is 43.7 Å². The Kier molecular flexibility index (Phi) is 9.97. The zero-order valence-corrected chi connectivity index (χ0v) is 22.3. The highest BCUT2D eigenvalue weighted by Gasteiger charge is 2.15. The second kappa shape index (κ2) is 13.2. The monoisotopic (exact) mass is 538 g/mol. The van der Waals surface area contributed by atoms with Crippen molar-refractivity contribution in [2.24, 2.45) is 5.73 Å².